The summed E-state index contributed by atoms with van der Waals surface area (Å²) in [6, 6.07) is 8.90. The predicted molar refractivity (Wildman–Crippen MR) is 79.5 cm³/mol. The summed E-state index contributed by atoms with van der Waals surface area (Å²) in [6.45, 7) is 6.71. The largest absolute Gasteiger partial charge is 0.383 e. The molecule has 2 N–H and O–H groups in total. The van der Waals surface area contributed by atoms with Crippen LogP contribution in [0.1, 0.15) is 27.2 Å². The second-order valence-electron chi connectivity index (χ2n) is 5.09. The molecule has 2 aromatic rings. The van der Waals surface area contributed by atoms with E-state index in [1.807, 2.05) is 0 Å². The lowest BCUT2D eigenvalue weighted by Gasteiger charge is -2.17. The van der Waals surface area contributed by atoms with Crippen LogP contribution >= 0.6 is 11.8 Å². The van der Waals surface area contributed by atoms with E-state index in [0.29, 0.717) is 12.0 Å². The summed E-state index contributed by atoms with van der Waals surface area (Å²) in [6.07, 6.45) is 2.69. The van der Waals surface area contributed by atoms with Gasteiger partial charge >= 0.3 is 0 Å². The number of hydrogen-bond acceptors (Lipinski definition) is 4. The van der Waals surface area contributed by atoms with Gasteiger partial charge in [-0.05, 0) is 43.5 Å². The molecule has 1 aromatic carbocycles. The Balaban J connectivity index is 1.91. The Kier molecular flexibility index (Phi) is 4.85. The van der Waals surface area contributed by atoms with Crippen LogP contribution in [0.5, 0.6) is 0 Å². The normalized spacial score (nSPS) is 12.6. The number of nitrogens with zero attached hydrogens (tertiary/aromatic N) is 2. The molecule has 4 nitrogen and oxygen atoms in total. The van der Waals surface area contributed by atoms with Crippen LogP contribution in [0, 0.1) is 5.92 Å². The summed E-state index contributed by atoms with van der Waals surface area (Å²) in [5, 5.41) is 11.0. The molecule has 0 bridgehead atoms. The molecule has 0 amide bonds. The summed E-state index contributed by atoms with van der Waals surface area (Å²) in [7, 11) is 0. The first-order chi connectivity index (χ1) is 9.13. The Morgan fingerprint density at radius 1 is 1.21 bits per heavy atom. The van der Waals surface area contributed by atoms with Gasteiger partial charge in [-0.1, -0.05) is 25.6 Å². The van der Waals surface area contributed by atoms with Gasteiger partial charge in [0, 0.05) is 16.6 Å². The van der Waals surface area contributed by atoms with Gasteiger partial charge in [0.25, 0.3) is 0 Å². The van der Waals surface area contributed by atoms with E-state index >= 15 is 0 Å². The van der Waals surface area contributed by atoms with E-state index in [1.165, 1.54) is 12.7 Å². The number of rotatable bonds is 6. The van der Waals surface area contributed by atoms with Crippen molar-refractivity contribution in [3.05, 3.63) is 30.6 Å². The number of aromatic nitrogens is 3. The van der Waals surface area contributed by atoms with Gasteiger partial charge < -0.3 is 5.32 Å². The van der Waals surface area contributed by atoms with Crippen LogP contribution in [0.4, 0.5) is 5.69 Å². The molecule has 19 heavy (non-hydrogen) atoms. The zero-order valence-electron chi connectivity index (χ0n) is 11.6. The standard InChI is InChI=1S/C14H20N4S/c1-10(2)8-11(3)17-12-4-6-13(7-5-12)19-14-15-9-16-18-14/h4-7,9-11,17H,8H2,1-3H3,(H,15,16,18). The van der Waals surface area contributed by atoms with Crippen LogP contribution in [-0.2, 0) is 0 Å². The second kappa shape index (κ2) is 6.61. The van der Waals surface area contributed by atoms with Crippen molar-refractivity contribution in [2.24, 2.45) is 5.92 Å². The monoisotopic (exact) mass is 276 g/mol. The van der Waals surface area contributed by atoms with Crippen LogP contribution in [0.25, 0.3) is 0 Å². The Labute approximate surface area is 118 Å². The van der Waals surface area contributed by atoms with Crippen LogP contribution in [0.3, 0.4) is 0 Å². The minimum atomic E-state index is 0.493. The lowest BCUT2D eigenvalue weighted by Crippen LogP contribution is -2.17. The highest BCUT2D eigenvalue weighted by Gasteiger charge is 2.05. The van der Waals surface area contributed by atoms with Crippen molar-refractivity contribution in [1.82, 2.24) is 15.2 Å². The number of nitrogens with one attached hydrogen (secondary N) is 2. The molecule has 0 radical (unpaired) electrons. The fourth-order valence-electron chi connectivity index (χ4n) is 2.02. The molecule has 2 rings (SSSR count). The Hall–Kier alpha value is -1.49. The highest BCUT2D eigenvalue weighted by Crippen LogP contribution is 2.25. The summed E-state index contributed by atoms with van der Waals surface area (Å²) >= 11 is 1.58. The van der Waals surface area contributed by atoms with Crippen LogP contribution < -0.4 is 5.32 Å². The Morgan fingerprint density at radius 3 is 2.53 bits per heavy atom. The van der Waals surface area contributed by atoms with Gasteiger partial charge in [-0.25, -0.2) is 4.98 Å². The van der Waals surface area contributed by atoms with Crippen molar-refractivity contribution in [1.29, 1.82) is 0 Å². The molecule has 1 aromatic heterocycles. The molecule has 5 heteroatoms. The predicted octanol–water partition coefficient (Wildman–Crippen LogP) is 3.80. The molecule has 102 valence electrons. The van der Waals surface area contributed by atoms with Gasteiger partial charge in [0.2, 0.25) is 0 Å². The molecule has 0 aliphatic rings. The first-order valence-corrected chi connectivity index (χ1v) is 7.35. The van der Waals surface area contributed by atoms with Gasteiger partial charge in [-0.15, -0.1) is 0 Å². The molecule has 0 saturated carbocycles. The molecular weight excluding hydrogens is 256 g/mol. The van der Waals surface area contributed by atoms with Gasteiger partial charge in [0.15, 0.2) is 5.16 Å². The van der Waals surface area contributed by atoms with Crippen LogP contribution in [0.2, 0.25) is 0 Å². The molecule has 1 atom stereocenters. The van der Waals surface area contributed by atoms with Crippen LogP contribution in [-0.4, -0.2) is 21.2 Å². The van der Waals surface area contributed by atoms with Gasteiger partial charge in [-0.3, -0.25) is 5.10 Å². The molecule has 1 unspecified atom stereocenters. The molecule has 0 spiro atoms. The van der Waals surface area contributed by atoms with Gasteiger partial charge in [0.05, 0.1) is 0 Å². The third kappa shape index (κ3) is 4.59. The van der Waals surface area contributed by atoms with Crippen molar-refractivity contribution in [3.63, 3.8) is 0 Å². The first-order valence-electron chi connectivity index (χ1n) is 6.53. The minimum Gasteiger partial charge on any atom is -0.383 e. The lowest BCUT2D eigenvalue weighted by molar-refractivity contribution is 0.540. The average Bonchev–Trinajstić information content (AvgIpc) is 2.83. The van der Waals surface area contributed by atoms with E-state index in [4.69, 9.17) is 0 Å². The van der Waals surface area contributed by atoms with Crippen molar-refractivity contribution in [2.45, 2.75) is 43.3 Å². The van der Waals surface area contributed by atoms with Crippen molar-refractivity contribution in [2.75, 3.05) is 5.32 Å². The van der Waals surface area contributed by atoms with Crippen molar-refractivity contribution < 1.29 is 0 Å². The van der Waals surface area contributed by atoms with E-state index in [9.17, 15) is 0 Å². The lowest BCUT2D eigenvalue weighted by atomic mass is 10.1. The average molecular weight is 276 g/mol. The SMILES string of the molecule is CC(C)CC(C)Nc1ccc(Sc2ncn[nH]2)cc1. The van der Waals surface area contributed by atoms with Crippen molar-refractivity contribution in [3.8, 4) is 0 Å². The topological polar surface area (TPSA) is 53.6 Å². The van der Waals surface area contributed by atoms with E-state index in [1.54, 1.807) is 11.8 Å². The minimum absolute atomic E-state index is 0.493. The summed E-state index contributed by atoms with van der Waals surface area (Å²) < 4.78 is 0. The molecule has 0 aliphatic carbocycles. The smallest absolute Gasteiger partial charge is 0.188 e. The third-order valence-corrected chi connectivity index (χ3v) is 3.60. The Morgan fingerprint density at radius 2 is 1.95 bits per heavy atom. The number of H-pyrrole nitrogens is 1. The molecule has 0 aliphatic heterocycles. The maximum Gasteiger partial charge on any atom is 0.188 e. The summed E-state index contributed by atoms with van der Waals surface area (Å²) in [5.41, 5.74) is 1.16. The highest BCUT2D eigenvalue weighted by atomic mass is 32.2. The van der Waals surface area contributed by atoms with E-state index < -0.39 is 0 Å². The number of hydrogen-bond donors (Lipinski definition) is 2. The number of aromatic amines is 1. The quantitative estimate of drug-likeness (QED) is 0.842. The van der Waals surface area contributed by atoms with Crippen LogP contribution in [0.15, 0.2) is 40.6 Å². The first kappa shape index (κ1) is 13.9. The maximum atomic E-state index is 4.10. The second-order valence-corrected chi connectivity index (χ2v) is 6.15. The fraction of sp³-hybridized carbons (Fsp3) is 0.429. The molecule has 0 fully saturated rings. The van der Waals surface area contributed by atoms with E-state index in [-0.39, 0.29) is 0 Å². The molecule has 1 heterocycles. The van der Waals surface area contributed by atoms with Gasteiger partial charge in [0.1, 0.15) is 6.33 Å². The maximum absolute atomic E-state index is 4.10. The zero-order chi connectivity index (χ0) is 13.7. The van der Waals surface area contributed by atoms with Crippen molar-refractivity contribution >= 4 is 17.4 Å². The number of benzene rings is 1. The molecular formula is C14H20N4S. The summed E-state index contributed by atoms with van der Waals surface area (Å²) in [5.74, 6) is 0.712. The highest BCUT2D eigenvalue weighted by molar-refractivity contribution is 7.99. The summed E-state index contributed by atoms with van der Waals surface area (Å²) in [4.78, 5) is 5.25. The van der Waals surface area contributed by atoms with E-state index in [2.05, 4.69) is 65.5 Å². The fourth-order valence-corrected chi connectivity index (χ4v) is 2.72. The zero-order valence-corrected chi connectivity index (χ0v) is 12.4. The number of anilines is 1. The van der Waals surface area contributed by atoms with E-state index in [0.717, 1.165) is 15.7 Å². The van der Waals surface area contributed by atoms with Gasteiger partial charge in [-0.2, -0.15) is 5.10 Å². The Bertz CT molecular complexity index is 479. The third-order valence-electron chi connectivity index (χ3n) is 2.70. The molecule has 0 saturated heterocycles.